The van der Waals surface area contributed by atoms with Gasteiger partial charge in [0.25, 0.3) is 0 Å². The van der Waals surface area contributed by atoms with Gasteiger partial charge in [-0.05, 0) is 18.2 Å². The number of halogens is 3. The number of aliphatic imine (C=N–C) groups is 1. The lowest BCUT2D eigenvalue weighted by molar-refractivity contribution is 0.251. The van der Waals surface area contributed by atoms with Crippen LogP contribution in [0.3, 0.4) is 0 Å². The van der Waals surface area contributed by atoms with Gasteiger partial charge in [0.2, 0.25) is 0 Å². The number of ether oxygens (including phenoxy) is 3. The van der Waals surface area contributed by atoms with Gasteiger partial charge in [-0.3, -0.25) is 9.89 Å². The first-order valence-electron chi connectivity index (χ1n) is 9.25. The number of urea groups is 1. The number of allylic oxidation sites excluding steroid dienone is 1. The summed E-state index contributed by atoms with van der Waals surface area (Å²) in [5.41, 5.74) is 0.239. The second-order valence-electron chi connectivity index (χ2n) is 6.73. The van der Waals surface area contributed by atoms with Crippen LogP contribution >= 0.6 is 11.6 Å². The van der Waals surface area contributed by atoms with E-state index in [2.05, 4.69) is 10.3 Å². The molecule has 0 spiro atoms. The van der Waals surface area contributed by atoms with Crippen LogP contribution in [0.2, 0.25) is 5.02 Å². The SMILES string of the molecule is COc1cc(Cl)c(N2C(=O)NC3C=CC=NC32)cc1OCc1c(OC)ccc(F)c1F. The standard InChI is InChI=1S/C21H18ClF2N3O4/c1-29-16-6-5-13(23)19(24)11(16)10-31-18-9-15(12(22)8-17(18)30-2)27-20-14(26-21(27)28)4-3-7-25-20/h3-9,14,20H,10H2,1-2H3,(H,26,28). The number of nitrogens with one attached hydrogen (secondary N) is 1. The van der Waals surface area contributed by atoms with Crippen LogP contribution in [-0.4, -0.2) is 38.7 Å². The van der Waals surface area contributed by atoms with Gasteiger partial charge < -0.3 is 19.5 Å². The molecule has 162 valence electrons. The van der Waals surface area contributed by atoms with Crippen molar-refractivity contribution < 1.29 is 27.8 Å². The van der Waals surface area contributed by atoms with Gasteiger partial charge in [0.05, 0.1) is 36.5 Å². The van der Waals surface area contributed by atoms with Crippen LogP contribution in [0.25, 0.3) is 0 Å². The van der Waals surface area contributed by atoms with E-state index in [9.17, 15) is 13.6 Å². The van der Waals surface area contributed by atoms with E-state index in [1.54, 1.807) is 12.3 Å². The third-order valence-electron chi connectivity index (χ3n) is 4.98. The van der Waals surface area contributed by atoms with Gasteiger partial charge in [-0.25, -0.2) is 13.6 Å². The van der Waals surface area contributed by atoms with E-state index < -0.39 is 17.8 Å². The molecule has 2 heterocycles. The minimum Gasteiger partial charge on any atom is -0.496 e. The highest BCUT2D eigenvalue weighted by molar-refractivity contribution is 6.34. The van der Waals surface area contributed by atoms with E-state index in [0.717, 1.165) is 6.07 Å². The fraction of sp³-hybridized carbons (Fsp3) is 0.238. The number of dihydropyridines is 1. The average Bonchev–Trinajstić information content (AvgIpc) is 3.10. The lowest BCUT2D eigenvalue weighted by Crippen LogP contribution is -2.35. The predicted octanol–water partition coefficient (Wildman–Crippen LogP) is 4.08. The van der Waals surface area contributed by atoms with Crippen LogP contribution in [0.1, 0.15) is 5.56 Å². The lowest BCUT2D eigenvalue weighted by Gasteiger charge is -2.25. The topological polar surface area (TPSA) is 72.4 Å². The van der Waals surface area contributed by atoms with Crippen LogP contribution in [0.5, 0.6) is 17.2 Å². The normalized spacial score (nSPS) is 19.3. The summed E-state index contributed by atoms with van der Waals surface area (Å²) < 4.78 is 44.1. The monoisotopic (exact) mass is 449 g/mol. The fourth-order valence-corrected chi connectivity index (χ4v) is 3.71. The third-order valence-corrected chi connectivity index (χ3v) is 5.28. The number of amides is 2. The maximum absolute atomic E-state index is 14.3. The van der Waals surface area contributed by atoms with Crippen molar-refractivity contribution in [2.24, 2.45) is 4.99 Å². The first-order chi connectivity index (χ1) is 14.9. The number of hydrogen-bond acceptors (Lipinski definition) is 5. The van der Waals surface area contributed by atoms with Crippen molar-refractivity contribution in [2.75, 3.05) is 19.1 Å². The van der Waals surface area contributed by atoms with Crippen LogP contribution in [0.4, 0.5) is 19.3 Å². The molecule has 2 aromatic carbocycles. The van der Waals surface area contributed by atoms with E-state index in [1.165, 1.54) is 37.3 Å². The summed E-state index contributed by atoms with van der Waals surface area (Å²) in [7, 11) is 2.76. The molecule has 1 saturated heterocycles. The summed E-state index contributed by atoms with van der Waals surface area (Å²) in [4.78, 5) is 18.3. The zero-order valence-corrected chi connectivity index (χ0v) is 17.3. The summed E-state index contributed by atoms with van der Waals surface area (Å²) in [6.45, 7) is -0.344. The highest BCUT2D eigenvalue weighted by Gasteiger charge is 2.40. The van der Waals surface area contributed by atoms with Crippen molar-refractivity contribution in [3.63, 3.8) is 0 Å². The largest absolute Gasteiger partial charge is 0.496 e. The Balaban J connectivity index is 1.68. The minimum atomic E-state index is -1.07. The first kappa shape index (κ1) is 20.9. The molecule has 2 aromatic rings. The highest BCUT2D eigenvalue weighted by Crippen LogP contribution is 2.41. The number of fused-ring (bicyclic) bond motifs is 1. The maximum atomic E-state index is 14.3. The molecule has 2 aliphatic rings. The highest BCUT2D eigenvalue weighted by atomic mass is 35.5. The van der Waals surface area contributed by atoms with E-state index in [1.807, 2.05) is 6.08 Å². The van der Waals surface area contributed by atoms with E-state index in [0.29, 0.717) is 5.69 Å². The molecule has 2 aliphatic heterocycles. The van der Waals surface area contributed by atoms with E-state index >= 15 is 0 Å². The molecule has 0 aliphatic carbocycles. The number of carbonyl (C=O) groups excluding carboxylic acids is 1. The Hall–Kier alpha value is -3.33. The Kier molecular flexibility index (Phi) is 5.69. The van der Waals surface area contributed by atoms with E-state index in [4.69, 9.17) is 25.8 Å². The number of nitrogens with zero attached hydrogens (tertiary/aromatic N) is 2. The van der Waals surface area contributed by atoms with Crippen molar-refractivity contribution in [3.05, 3.63) is 58.6 Å². The summed E-state index contributed by atoms with van der Waals surface area (Å²) in [5.74, 6) is -1.52. The van der Waals surface area contributed by atoms with Crippen molar-refractivity contribution >= 4 is 29.5 Å². The summed E-state index contributed by atoms with van der Waals surface area (Å²) >= 11 is 6.41. The molecule has 2 amide bonds. The van der Waals surface area contributed by atoms with Crippen molar-refractivity contribution in [2.45, 2.75) is 18.8 Å². The predicted molar refractivity (Wildman–Crippen MR) is 111 cm³/mol. The Morgan fingerprint density at radius 2 is 1.94 bits per heavy atom. The molecule has 0 saturated carbocycles. The van der Waals surface area contributed by atoms with Crippen molar-refractivity contribution in [1.29, 1.82) is 0 Å². The van der Waals surface area contributed by atoms with Crippen molar-refractivity contribution in [3.8, 4) is 17.2 Å². The third kappa shape index (κ3) is 3.76. The summed E-state index contributed by atoms with van der Waals surface area (Å²) in [5, 5.41) is 3.05. The molecule has 0 bridgehead atoms. The summed E-state index contributed by atoms with van der Waals surface area (Å²) in [6, 6.07) is 4.58. The van der Waals surface area contributed by atoms with Crippen molar-refractivity contribution in [1.82, 2.24) is 5.32 Å². The number of hydrogen-bond donors (Lipinski definition) is 1. The quantitative estimate of drug-likeness (QED) is 0.721. The second-order valence-corrected chi connectivity index (χ2v) is 7.13. The summed E-state index contributed by atoms with van der Waals surface area (Å²) in [6.07, 6.45) is 4.65. The molecular weight excluding hydrogens is 432 g/mol. The van der Waals surface area contributed by atoms with Gasteiger partial charge in [-0.15, -0.1) is 0 Å². The lowest BCUT2D eigenvalue weighted by atomic mass is 10.1. The van der Waals surface area contributed by atoms with Gasteiger partial charge in [-0.2, -0.15) is 0 Å². The molecule has 1 fully saturated rings. The maximum Gasteiger partial charge on any atom is 0.324 e. The van der Waals surface area contributed by atoms with Crippen LogP contribution < -0.4 is 24.4 Å². The first-order valence-corrected chi connectivity index (χ1v) is 9.63. The minimum absolute atomic E-state index is 0.0953. The molecule has 7 nitrogen and oxygen atoms in total. The second kappa shape index (κ2) is 8.43. The molecule has 0 aromatic heterocycles. The average molecular weight is 450 g/mol. The molecule has 0 radical (unpaired) electrons. The van der Waals surface area contributed by atoms with Gasteiger partial charge in [0, 0.05) is 18.3 Å². The zero-order chi connectivity index (χ0) is 22.1. The van der Waals surface area contributed by atoms with Crippen LogP contribution in [0.15, 0.2) is 41.4 Å². The molecule has 2 unspecified atom stereocenters. The molecule has 10 heteroatoms. The zero-order valence-electron chi connectivity index (χ0n) is 16.6. The van der Waals surface area contributed by atoms with Gasteiger partial charge in [0.15, 0.2) is 29.3 Å². The number of benzene rings is 2. The molecule has 1 N–H and O–H groups in total. The molecular formula is C21H18ClF2N3O4. The van der Waals surface area contributed by atoms with Gasteiger partial charge in [0.1, 0.15) is 12.4 Å². The molecule has 4 rings (SSSR count). The Morgan fingerprint density at radius 3 is 2.68 bits per heavy atom. The number of rotatable bonds is 6. The fourth-order valence-electron chi connectivity index (χ4n) is 3.47. The Labute approximate surface area is 181 Å². The molecule has 31 heavy (non-hydrogen) atoms. The Bertz CT molecular complexity index is 1090. The van der Waals surface area contributed by atoms with Gasteiger partial charge in [-0.1, -0.05) is 17.7 Å². The van der Waals surface area contributed by atoms with Crippen LogP contribution in [0, 0.1) is 11.6 Å². The van der Waals surface area contributed by atoms with E-state index in [-0.39, 0.29) is 46.5 Å². The van der Waals surface area contributed by atoms with Crippen LogP contribution in [-0.2, 0) is 6.61 Å². The van der Waals surface area contributed by atoms with Gasteiger partial charge >= 0.3 is 6.03 Å². The smallest absolute Gasteiger partial charge is 0.324 e. The Morgan fingerprint density at radius 1 is 1.16 bits per heavy atom. The number of anilines is 1. The number of carbonyl (C=O) groups is 1. The molecule has 2 atom stereocenters. The number of methoxy groups -OCH3 is 2.